The van der Waals surface area contributed by atoms with Gasteiger partial charge in [0.15, 0.2) is 0 Å². The van der Waals surface area contributed by atoms with Crippen LogP contribution in [0.1, 0.15) is 48.5 Å². The standard InChI is InChI=1S/C24H25N3O/c1-16-10-12-18(13-11-16)23-15-21(20-8-3-4-9-22(20)25-23)24(28)27-26-19-7-5-6-17(2)14-19/h3-4,8-13,15,17H,5-7,14H2,1-2H3,(H,27,28)/b26-19-/t17-/m1/s1. The maximum absolute atomic E-state index is 13.0. The van der Waals surface area contributed by atoms with Gasteiger partial charge in [0.25, 0.3) is 5.91 Å². The molecule has 1 aliphatic carbocycles. The fourth-order valence-corrected chi connectivity index (χ4v) is 3.79. The number of aromatic nitrogens is 1. The molecule has 0 aliphatic heterocycles. The average Bonchev–Trinajstić information content (AvgIpc) is 2.72. The lowest BCUT2D eigenvalue weighted by molar-refractivity contribution is 0.0956. The lowest BCUT2D eigenvalue weighted by Crippen LogP contribution is -2.22. The molecule has 2 aromatic carbocycles. The molecule has 4 nitrogen and oxygen atoms in total. The van der Waals surface area contributed by atoms with Crippen LogP contribution in [0.25, 0.3) is 22.2 Å². The molecule has 0 unspecified atom stereocenters. The first kappa shape index (κ1) is 18.4. The van der Waals surface area contributed by atoms with Crippen LogP contribution >= 0.6 is 0 Å². The number of hydrogen-bond donors (Lipinski definition) is 1. The van der Waals surface area contributed by atoms with Crippen molar-refractivity contribution in [2.75, 3.05) is 0 Å². The summed E-state index contributed by atoms with van der Waals surface area (Å²) in [5.74, 6) is 0.456. The first-order valence-corrected chi connectivity index (χ1v) is 9.93. The highest BCUT2D eigenvalue weighted by Gasteiger charge is 2.16. The molecule has 0 bridgehead atoms. The van der Waals surface area contributed by atoms with E-state index < -0.39 is 0 Å². The van der Waals surface area contributed by atoms with Crippen molar-refractivity contribution in [1.29, 1.82) is 0 Å². The third-order valence-corrected chi connectivity index (χ3v) is 5.37. The van der Waals surface area contributed by atoms with Gasteiger partial charge >= 0.3 is 0 Å². The molecule has 1 aliphatic rings. The molecule has 1 amide bonds. The van der Waals surface area contributed by atoms with Crippen LogP contribution in [-0.2, 0) is 0 Å². The summed E-state index contributed by atoms with van der Waals surface area (Å²) in [4.78, 5) is 17.7. The minimum Gasteiger partial charge on any atom is -0.267 e. The maximum atomic E-state index is 13.0. The van der Waals surface area contributed by atoms with E-state index in [9.17, 15) is 4.79 Å². The Morgan fingerprint density at radius 2 is 1.93 bits per heavy atom. The van der Waals surface area contributed by atoms with E-state index in [1.54, 1.807) is 0 Å². The lowest BCUT2D eigenvalue weighted by Gasteiger charge is -2.19. The molecule has 0 spiro atoms. The molecular weight excluding hydrogens is 346 g/mol. The van der Waals surface area contributed by atoms with E-state index >= 15 is 0 Å². The number of nitrogens with one attached hydrogen (secondary N) is 1. The topological polar surface area (TPSA) is 54.4 Å². The summed E-state index contributed by atoms with van der Waals surface area (Å²) in [5.41, 5.74) is 8.28. The van der Waals surface area contributed by atoms with Crippen LogP contribution in [-0.4, -0.2) is 16.6 Å². The molecular formula is C24H25N3O. The second-order valence-electron chi connectivity index (χ2n) is 7.76. The Balaban J connectivity index is 1.69. The third kappa shape index (κ3) is 3.96. The van der Waals surface area contributed by atoms with Crippen LogP contribution in [0, 0.1) is 12.8 Å². The summed E-state index contributed by atoms with van der Waals surface area (Å²) in [6.45, 7) is 4.29. The number of fused-ring (bicyclic) bond motifs is 1. The van der Waals surface area contributed by atoms with E-state index in [0.717, 1.165) is 47.1 Å². The van der Waals surface area contributed by atoms with Gasteiger partial charge in [0.2, 0.25) is 0 Å². The van der Waals surface area contributed by atoms with Crippen molar-refractivity contribution in [3.63, 3.8) is 0 Å². The summed E-state index contributed by atoms with van der Waals surface area (Å²) in [5, 5.41) is 5.27. The molecule has 1 aromatic heterocycles. The van der Waals surface area contributed by atoms with E-state index in [-0.39, 0.29) is 5.91 Å². The minimum atomic E-state index is -0.183. The lowest BCUT2D eigenvalue weighted by atomic mass is 9.89. The predicted molar refractivity (Wildman–Crippen MR) is 114 cm³/mol. The first-order valence-electron chi connectivity index (χ1n) is 9.93. The number of hydrogen-bond acceptors (Lipinski definition) is 3. The van der Waals surface area contributed by atoms with Gasteiger partial charge in [-0.1, -0.05) is 55.0 Å². The number of benzene rings is 2. The molecule has 0 saturated heterocycles. The summed E-state index contributed by atoms with van der Waals surface area (Å²) < 4.78 is 0. The van der Waals surface area contributed by atoms with Crippen molar-refractivity contribution in [2.24, 2.45) is 11.0 Å². The van der Waals surface area contributed by atoms with Crippen LogP contribution in [0.2, 0.25) is 0 Å². The molecule has 0 radical (unpaired) electrons. The van der Waals surface area contributed by atoms with Crippen LogP contribution in [0.4, 0.5) is 0 Å². The highest BCUT2D eigenvalue weighted by Crippen LogP contribution is 2.25. The Bertz CT molecular complexity index is 1040. The smallest absolute Gasteiger partial charge is 0.267 e. The zero-order valence-electron chi connectivity index (χ0n) is 16.4. The molecule has 1 N–H and O–H groups in total. The highest BCUT2D eigenvalue weighted by molar-refractivity contribution is 6.07. The summed E-state index contributed by atoms with van der Waals surface area (Å²) in [7, 11) is 0. The molecule has 142 valence electrons. The molecule has 1 heterocycles. The van der Waals surface area contributed by atoms with Crippen molar-refractivity contribution in [2.45, 2.75) is 39.5 Å². The molecule has 1 fully saturated rings. The molecule has 4 heteroatoms. The zero-order chi connectivity index (χ0) is 19.5. The largest absolute Gasteiger partial charge is 0.272 e. The van der Waals surface area contributed by atoms with Crippen molar-refractivity contribution in [3.05, 3.63) is 65.7 Å². The van der Waals surface area contributed by atoms with E-state index in [1.165, 1.54) is 12.0 Å². The van der Waals surface area contributed by atoms with Gasteiger partial charge in [-0.25, -0.2) is 10.4 Å². The van der Waals surface area contributed by atoms with Crippen molar-refractivity contribution < 1.29 is 4.79 Å². The van der Waals surface area contributed by atoms with Crippen LogP contribution in [0.3, 0.4) is 0 Å². The van der Waals surface area contributed by atoms with Gasteiger partial charge in [-0.05, 0) is 50.7 Å². The van der Waals surface area contributed by atoms with Gasteiger partial charge in [-0.15, -0.1) is 0 Å². The van der Waals surface area contributed by atoms with Gasteiger partial charge in [-0.3, -0.25) is 4.79 Å². The molecule has 3 aromatic rings. The molecule has 28 heavy (non-hydrogen) atoms. The summed E-state index contributed by atoms with van der Waals surface area (Å²) in [6.07, 6.45) is 4.32. The second-order valence-corrected chi connectivity index (χ2v) is 7.76. The van der Waals surface area contributed by atoms with E-state index in [0.29, 0.717) is 11.5 Å². The fraction of sp³-hybridized carbons (Fsp3) is 0.292. The SMILES string of the molecule is Cc1ccc(-c2cc(C(=O)N/N=C3/CCC[C@@H](C)C3)c3ccccc3n2)cc1. The number of para-hydroxylation sites is 1. The summed E-state index contributed by atoms with van der Waals surface area (Å²) in [6, 6.07) is 17.8. The zero-order valence-corrected chi connectivity index (χ0v) is 16.4. The van der Waals surface area contributed by atoms with Crippen molar-refractivity contribution in [1.82, 2.24) is 10.4 Å². The van der Waals surface area contributed by atoms with Crippen LogP contribution in [0.5, 0.6) is 0 Å². The monoisotopic (exact) mass is 371 g/mol. The van der Waals surface area contributed by atoms with Gasteiger partial charge < -0.3 is 0 Å². The van der Waals surface area contributed by atoms with Gasteiger partial charge in [0, 0.05) is 16.7 Å². The van der Waals surface area contributed by atoms with Crippen molar-refractivity contribution >= 4 is 22.5 Å². The second kappa shape index (κ2) is 7.93. The van der Waals surface area contributed by atoms with Crippen LogP contribution < -0.4 is 5.43 Å². The predicted octanol–water partition coefficient (Wildman–Crippen LogP) is 5.51. The average molecular weight is 371 g/mol. The Morgan fingerprint density at radius 3 is 2.71 bits per heavy atom. The minimum absolute atomic E-state index is 0.183. The molecule has 1 saturated carbocycles. The Morgan fingerprint density at radius 1 is 1.14 bits per heavy atom. The third-order valence-electron chi connectivity index (χ3n) is 5.37. The number of amides is 1. The number of rotatable bonds is 3. The first-order chi connectivity index (χ1) is 13.6. The van der Waals surface area contributed by atoms with Gasteiger partial charge in [-0.2, -0.15) is 5.10 Å². The maximum Gasteiger partial charge on any atom is 0.272 e. The number of aryl methyl sites for hydroxylation is 1. The van der Waals surface area contributed by atoms with E-state index in [1.807, 2.05) is 42.5 Å². The normalized spacial score (nSPS) is 18.4. The van der Waals surface area contributed by atoms with E-state index in [2.05, 4.69) is 36.5 Å². The fourth-order valence-electron chi connectivity index (χ4n) is 3.79. The Hall–Kier alpha value is -3.01. The Kier molecular flexibility index (Phi) is 5.20. The van der Waals surface area contributed by atoms with Crippen LogP contribution in [0.15, 0.2) is 59.7 Å². The quantitative estimate of drug-likeness (QED) is 0.618. The summed E-state index contributed by atoms with van der Waals surface area (Å²) >= 11 is 0. The number of carbonyl (C=O) groups excluding carboxylic acids is 1. The van der Waals surface area contributed by atoms with Gasteiger partial charge in [0.05, 0.1) is 16.8 Å². The number of hydrazone groups is 1. The van der Waals surface area contributed by atoms with E-state index in [4.69, 9.17) is 4.98 Å². The number of nitrogens with zero attached hydrogens (tertiary/aromatic N) is 2. The number of carbonyl (C=O) groups is 1. The molecule has 4 rings (SSSR count). The number of pyridine rings is 1. The molecule has 1 atom stereocenters. The highest BCUT2D eigenvalue weighted by atomic mass is 16.2. The van der Waals surface area contributed by atoms with Crippen molar-refractivity contribution in [3.8, 4) is 11.3 Å². The Labute approximate surface area is 165 Å². The van der Waals surface area contributed by atoms with Gasteiger partial charge in [0.1, 0.15) is 0 Å².